The number of carbonyl (C=O) groups is 2. The number of allylic oxidation sites excluding steroid dienone is 18. The molecule has 0 rings (SSSR count). The number of hydrogen-bond acceptors (Lipinski definition) is 6. The number of esters is 2. The summed E-state index contributed by atoms with van der Waals surface area (Å²) in [6.07, 6.45) is 56.3. The lowest BCUT2D eigenvalue weighted by molar-refractivity contribution is -0.292. The van der Waals surface area contributed by atoms with Crippen LogP contribution in [0.2, 0.25) is 0 Å². The third kappa shape index (κ3) is 36.9. The van der Waals surface area contributed by atoms with E-state index in [1.807, 2.05) is 48.6 Å². The third-order valence-electron chi connectivity index (χ3n) is 7.21. The van der Waals surface area contributed by atoms with Gasteiger partial charge >= 0.3 is 11.9 Å². The van der Waals surface area contributed by atoms with Crippen LogP contribution in [0.1, 0.15) is 117 Å². The molecule has 6 heteroatoms. The fourth-order valence-electron chi connectivity index (χ4n) is 4.38. The van der Waals surface area contributed by atoms with Crippen molar-refractivity contribution in [3.63, 3.8) is 0 Å². The lowest BCUT2D eigenvalue weighted by Gasteiger charge is -2.12. The highest BCUT2D eigenvalue weighted by Gasteiger charge is 2.14. The van der Waals surface area contributed by atoms with Crippen molar-refractivity contribution in [2.24, 2.45) is 0 Å². The molecule has 0 heterocycles. The van der Waals surface area contributed by atoms with E-state index in [1.165, 1.54) is 102 Å². The van der Waals surface area contributed by atoms with Crippen LogP contribution in [0.3, 0.4) is 0 Å². The average Bonchev–Trinajstić information content (AvgIpc) is 3.11. The summed E-state index contributed by atoms with van der Waals surface area (Å²) in [5.41, 5.74) is 0. The molecule has 0 saturated carbocycles. The van der Waals surface area contributed by atoms with Crippen molar-refractivity contribution < 1.29 is 29.2 Å². The average molecular weight is 677 g/mol. The van der Waals surface area contributed by atoms with Crippen molar-refractivity contribution in [2.45, 2.75) is 123 Å². The molecule has 0 saturated heterocycles. The lowest BCUT2D eigenvalue weighted by Crippen LogP contribution is -2.27. The fourth-order valence-corrected chi connectivity index (χ4v) is 4.38. The van der Waals surface area contributed by atoms with Gasteiger partial charge < -0.3 is 9.47 Å². The maximum Gasteiger partial charge on any atom is 0.330 e. The Morgan fingerprint density at radius 2 is 0.755 bits per heavy atom. The predicted molar refractivity (Wildman–Crippen MR) is 206 cm³/mol. The molecule has 1 N–H and O–H groups in total. The van der Waals surface area contributed by atoms with Crippen LogP contribution in [-0.2, 0) is 24.0 Å². The molecule has 0 aliphatic carbocycles. The van der Waals surface area contributed by atoms with Crippen LogP contribution in [-0.4, -0.2) is 36.5 Å². The minimum absolute atomic E-state index is 0.274. The van der Waals surface area contributed by atoms with Gasteiger partial charge in [0.05, 0.1) is 0 Å². The van der Waals surface area contributed by atoms with E-state index >= 15 is 0 Å². The van der Waals surface area contributed by atoms with Gasteiger partial charge in [-0.1, -0.05) is 200 Å². The summed E-state index contributed by atoms with van der Waals surface area (Å²) >= 11 is 0. The van der Waals surface area contributed by atoms with Crippen LogP contribution < -0.4 is 0 Å². The summed E-state index contributed by atoms with van der Waals surface area (Å²) in [5, 5.41) is 9.04. The number of carbonyl (C=O) groups excluding carboxylic acids is 2. The Morgan fingerprint density at radius 3 is 1.10 bits per heavy atom. The van der Waals surface area contributed by atoms with Gasteiger partial charge in [0, 0.05) is 12.2 Å². The number of rotatable bonds is 31. The van der Waals surface area contributed by atoms with Gasteiger partial charge in [-0.25, -0.2) is 14.5 Å². The zero-order valence-corrected chi connectivity index (χ0v) is 30.3. The fraction of sp³-hybridized carbons (Fsp3) is 0.488. The van der Waals surface area contributed by atoms with E-state index in [0.717, 1.165) is 12.8 Å². The molecule has 0 amide bonds. The Hall–Kier alpha value is -3.74. The highest BCUT2D eigenvalue weighted by atomic mass is 17.1. The predicted octanol–water partition coefficient (Wildman–Crippen LogP) is 11.8. The number of hydrogen-bond donors (Lipinski definition) is 1. The van der Waals surface area contributed by atoms with Crippen molar-refractivity contribution >= 4 is 11.9 Å². The van der Waals surface area contributed by atoms with Crippen molar-refractivity contribution in [1.29, 1.82) is 0 Å². The molecule has 272 valence electrons. The molecule has 49 heavy (non-hydrogen) atoms. The zero-order chi connectivity index (χ0) is 35.7. The maximum absolute atomic E-state index is 11.9. The van der Waals surface area contributed by atoms with E-state index in [0.29, 0.717) is 0 Å². The minimum atomic E-state index is -1.00. The summed E-state index contributed by atoms with van der Waals surface area (Å²) < 4.78 is 10.1. The molecule has 6 nitrogen and oxygen atoms in total. The Morgan fingerprint density at radius 1 is 0.449 bits per heavy atom. The molecule has 0 spiro atoms. The Bertz CT molecular complexity index is 1000. The van der Waals surface area contributed by atoms with E-state index in [4.69, 9.17) is 14.7 Å². The van der Waals surface area contributed by atoms with E-state index in [1.54, 1.807) is 36.5 Å². The van der Waals surface area contributed by atoms with Crippen LogP contribution >= 0.6 is 0 Å². The SMILES string of the molecule is CCCCCCCCC\C=C/C=C\C=C\C=C/C=C/C(=O)OCC(COC(=O)/C=C/C=C\C=C\C=C/C=C\CCCCCCCCC)OO. The first kappa shape index (κ1) is 45.3. The standard InChI is InChI=1S/C43H64O6/c1-3-5-7-9-11-13-15-17-19-21-23-25-27-29-31-33-35-37-42(44)47-39-41(49-46)40-48-43(45)38-36-34-32-30-28-26-24-22-20-18-16-14-12-10-8-6-4-2/h19-38,41,46H,3-18,39-40H2,1-2H3/b21-19-,22-20-,25-23-,26-24-,29-27+,30-28+,33-31-,34-32-,37-35+,38-36+. The Balaban J connectivity index is 4.02. The van der Waals surface area contributed by atoms with Crippen LogP contribution in [0.4, 0.5) is 0 Å². The summed E-state index contributed by atoms with van der Waals surface area (Å²) in [6, 6.07) is 0. The van der Waals surface area contributed by atoms with Crippen molar-refractivity contribution in [2.75, 3.05) is 13.2 Å². The normalized spacial score (nSPS) is 13.1. The molecule has 0 atom stereocenters. The first-order valence-electron chi connectivity index (χ1n) is 18.4. The number of ether oxygens (including phenoxy) is 2. The molecule has 0 aliphatic heterocycles. The highest BCUT2D eigenvalue weighted by Crippen LogP contribution is 2.09. The first-order chi connectivity index (χ1) is 24.1. The molecule has 0 unspecified atom stereocenters. The van der Waals surface area contributed by atoms with E-state index < -0.39 is 18.0 Å². The molecule has 0 aromatic heterocycles. The van der Waals surface area contributed by atoms with Gasteiger partial charge in [0.2, 0.25) is 0 Å². The second-order valence-electron chi connectivity index (χ2n) is 11.7. The van der Waals surface area contributed by atoms with Gasteiger partial charge in [0.1, 0.15) is 13.2 Å². The van der Waals surface area contributed by atoms with Crippen LogP contribution in [0.15, 0.2) is 122 Å². The van der Waals surface area contributed by atoms with Crippen molar-refractivity contribution in [1.82, 2.24) is 0 Å². The van der Waals surface area contributed by atoms with Gasteiger partial charge in [-0.15, -0.1) is 0 Å². The first-order valence-corrected chi connectivity index (χ1v) is 18.4. The summed E-state index contributed by atoms with van der Waals surface area (Å²) in [6.45, 7) is 3.94. The molecule has 0 aromatic carbocycles. The molecule has 0 fully saturated rings. The van der Waals surface area contributed by atoms with Crippen LogP contribution in [0.25, 0.3) is 0 Å². The van der Waals surface area contributed by atoms with Crippen LogP contribution in [0.5, 0.6) is 0 Å². The van der Waals surface area contributed by atoms with Gasteiger partial charge in [-0.2, -0.15) is 0 Å². The maximum atomic E-state index is 11.9. The van der Waals surface area contributed by atoms with Gasteiger partial charge in [0.25, 0.3) is 0 Å². The molecular formula is C43H64O6. The molecular weight excluding hydrogens is 612 g/mol. The Kier molecular flexibility index (Phi) is 35.8. The molecule has 0 bridgehead atoms. The van der Waals surface area contributed by atoms with Crippen molar-refractivity contribution in [3.05, 3.63) is 122 Å². The lowest BCUT2D eigenvalue weighted by atomic mass is 10.1. The topological polar surface area (TPSA) is 82.1 Å². The minimum Gasteiger partial charge on any atom is -0.459 e. The largest absolute Gasteiger partial charge is 0.459 e. The third-order valence-corrected chi connectivity index (χ3v) is 7.21. The van der Waals surface area contributed by atoms with Crippen LogP contribution in [0, 0.1) is 0 Å². The van der Waals surface area contributed by atoms with E-state index in [9.17, 15) is 9.59 Å². The summed E-state index contributed by atoms with van der Waals surface area (Å²) in [4.78, 5) is 28.0. The molecule has 0 radical (unpaired) electrons. The van der Waals surface area contributed by atoms with Gasteiger partial charge in [-0.3, -0.25) is 5.26 Å². The monoisotopic (exact) mass is 676 g/mol. The summed E-state index contributed by atoms with van der Waals surface area (Å²) in [5.74, 6) is -1.22. The van der Waals surface area contributed by atoms with E-state index in [2.05, 4.69) is 43.0 Å². The molecule has 0 aliphatic rings. The molecule has 0 aromatic rings. The quantitative estimate of drug-likeness (QED) is 0.0196. The summed E-state index contributed by atoms with van der Waals surface area (Å²) in [7, 11) is 0. The second-order valence-corrected chi connectivity index (χ2v) is 11.7. The van der Waals surface area contributed by atoms with Crippen molar-refractivity contribution in [3.8, 4) is 0 Å². The Labute approximate surface area is 298 Å². The van der Waals surface area contributed by atoms with E-state index in [-0.39, 0.29) is 13.2 Å². The second kappa shape index (κ2) is 38.7. The van der Waals surface area contributed by atoms with Gasteiger partial charge in [0.15, 0.2) is 6.10 Å². The number of unbranched alkanes of at least 4 members (excludes halogenated alkanes) is 14. The smallest absolute Gasteiger partial charge is 0.330 e. The zero-order valence-electron chi connectivity index (χ0n) is 30.3. The van der Waals surface area contributed by atoms with Gasteiger partial charge in [-0.05, 0) is 25.7 Å². The highest BCUT2D eigenvalue weighted by molar-refractivity contribution is 5.82.